The van der Waals surface area contributed by atoms with Crippen LogP contribution in [0.5, 0.6) is 0 Å². The van der Waals surface area contributed by atoms with E-state index in [1.54, 1.807) is 0 Å². The van der Waals surface area contributed by atoms with Gasteiger partial charge in [0.2, 0.25) is 0 Å². The Balaban J connectivity index is 1.95. The van der Waals surface area contributed by atoms with Crippen LogP contribution in [-0.2, 0) is 4.79 Å². The number of fused-ring (bicyclic) bond motifs is 1. The zero-order chi connectivity index (χ0) is 11.5. The highest BCUT2D eigenvalue weighted by Crippen LogP contribution is 2.36. The Morgan fingerprint density at radius 2 is 2.00 bits per heavy atom. The first-order valence-electron chi connectivity index (χ1n) is 6.39. The molecule has 2 aliphatic rings. The quantitative estimate of drug-likeness (QED) is 0.750. The van der Waals surface area contributed by atoms with Gasteiger partial charge < -0.3 is 10.8 Å². The van der Waals surface area contributed by atoms with Crippen LogP contribution >= 0.6 is 0 Å². The summed E-state index contributed by atoms with van der Waals surface area (Å²) in [6.07, 6.45) is 6.46. The topological polar surface area (TPSA) is 66.6 Å². The first-order valence-corrected chi connectivity index (χ1v) is 6.39. The van der Waals surface area contributed by atoms with E-state index in [4.69, 9.17) is 10.8 Å². The van der Waals surface area contributed by atoms with E-state index in [1.165, 1.54) is 25.7 Å². The molecule has 3 N–H and O–H groups in total. The Bertz CT molecular complexity index is 257. The highest BCUT2D eigenvalue weighted by Gasteiger charge is 2.35. The number of carbonyl (C=O) groups is 1. The molecule has 92 valence electrons. The van der Waals surface area contributed by atoms with E-state index in [2.05, 4.69) is 4.90 Å². The fourth-order valence-electron chi connectivity index (χ4n) is 3.32. The molecule has 0 spiro atoms. The summed E-state index contributed by atoms with van der Waals surface area (Å²) in [5, 5.41) is 9.10. The molecule has 4 heteroatoms. The van der Waals surface area contributed by atoms with Crippen LogP contribution < -0.4 is 5.73 Å². The lowest BCUT2D eigenvalue weighted by molar-refractivity contribution is -0.144. The van der Waals surface area contributed by atoms with Crippen molar-refractivity contribution < 1.29 is 9.90 Å². The van der Waals surface area contributed by atoms with Crippen molar-refractivity contribution in [3.63, 3.8) is 0 Å². The van der Waals surface area contributed by atoms with Gasteiger partial charge in [-0.3, -0.25) is 9.69 Å². The molecule has 3 atom stereocenters. The van der Waals surface area contributed by atoms with Crippen LogP contribution in [0.4, 0.5) is 0 Å². The molecular weight excluding hydrogens is 204 g/mol. The summed E-state index contributed by atoms with van der Waals surface area (Å²) < 4.78 is 0. The van der Waals surface area contributed by atoms with Gasteiger partial charge in [0.25, 0.3) is 0 Å². The van der Waals surface area contributed by atoms with Gasteiger partial charge in [-0.1, -0.05) is 19.3 Å². The van der Waals surface area contributed by atoms with E-state index in [0.29, 0.717) is 0 Å². The molecule has 2 rings (SSSR count). The fourth-order valence-corrected chi connectivity index (χ4v) is 3.32. The van der Waals surface area contributed by atoms with Gasteiger partial charge in [-0.25, -0.2) is 0 Å². The molecule has 0 aromatic carbocycles. The van der Waals surface area contributed by atoms with E-state index < -0.39 is 12.0 Å². The number of carboxylic acid groups (broad SMARTS) is 1. The Labute approximate surface area is 96.8 Å². The summed E-state index contributed by atoms with van der Waals surface area (Å²) in [5.74, 6) is 0.796. The van der Waals surface area contributed by atoms with Crippen molar-refractivity contribution in [1.82, 2.24) is 4.90 Å². The molecule has 1 aliphatic heterocycles. The number of hydrogen-bond donors (Lipinski definition) is 2. The minimum absolute atomic E-state index is 0.229. The van der Waals surface area contributed by atoms with Crippen molar-refractivity contribution in [3.8, 4) is 0 Å². The van der Waals surface area contributed by atoms with Gasteiger partial charge in [0.15, 0.2) is 0 Å². The molecule has 0 bridgehead atoms. The van der Waals surface area contributed by atoms with Crippen LogP contribution in [0, 0.1) is 11.8 Å². The van der Waals surface area contributed by atoms with Crippen LogP contribution in [0.25, 0.3) is 0 Å². The normalized spacial score (nSPS) is 33.1. The highest BCUT2D eigenvalue weighted by atomic mass is 16.4. The molecule has 3 unspecified atom stereocenters. The third kappa shape index (κ3) is 2.38. The average Bonchev–Trinajstić information content (AvgIpc) is 2.29. The third-order valence-corrected chi connectivity index (χ3v) is 4.27. The van der Waals surface area contributed by atoms with Gasteiger partial charge >= 0.3 is 5.97 Å². The summed E-state index contributed by atoms with van der Waals surface area (Å²) in [6.45, 7) is 2.08. The van der Waals surface area contributed by atoms with E-state index in [9.17, 15) is 4.79 Å². The van der Waals surface area contributed by atoms with Gasteiger partial charge in [0.1, 0.15) is 6.04 Å². The number of piperidine rings is 1. The molecule has 4 nitrogen and oxygen atoms in total. The first-order chi connectivity index (χ1) is 7.72. The average molecular weight is 226 g/mol. The fraction of sp³-hybridized carbons (Fsp3) is 0.917. The zero-order valence-electron chi connectivity index (χ0n) is 9.77. The number of hydrogen-bond acceptors (Lipinski definition) is 3. The Kier molecular flexibility index (Phi) is 3.82. The summed E-state index contributed by atoms with van der Waals surface area (Å²) in [4.78, 5) is 13.1. The van der Waals surface area contributed by atoms with Crippen molar-refractivity contribution in [2.24, 2.45) is 17.6 Å². The Morgan fingerprint density at radius 1 is 1.31 bits per heavy atom. The summed E-state index contributed by atoms with van der Waals surface area (Å²) in [5.41, 5.74) is 5.55. The predicted molar refractivity (Wildman–Crippen MR) is 62.1 cm³/mol. The number of carboxylic acids is 1. The minimum Gasteiger partial charge on any atom is -0.480 e. The smallest absolute Gasteiger partial charge is 0.322 e. The van der Waals surface area contributed by atoms with E-state index in [0.717, 1.165) is 31.3 Å². The monoisotopic (exact) mass is 226 g/mol. The van der Waals surface area contributed by atoms with Crippen LogP contribution in [0.3, 0.4) is 0 Å². The second-order valence-corrected chi connectivity index (χ2v) is 5.18. The number of nitrogens with two attached hydrogens (primary N) is 1. The molecule has 1 saturated heterocycles. The molecular formula is C12H22N2O2. The van der Waals surface area contributed by atoms with Crippen LogP contribution in [-0.4, -0.2) is 41.7 Å². The van der Waals surface area contributed by atoms with Crippen molar-refractivity contribution in [1.29, 1.82) is 0 Å². The zero-order valence-corrected chi connectivity index (χ0v) is 9.77. The summed E-state index contributed by atoms with van der Waals surface area (Å²) >= 11 is 0. The molecule has 0 radical (unpaired) electrons. The van der Waals surface area contributed by atoms with Crippen molar-refractivity contribution in [3.05, 3.63) is 0 Å². The molecule has 0 amide bonds. The van der Waals surface area contributed by atoms with Crippen LogP contribution in [0.2, 0.25) is 0 Å². The Hall–Kier alpha value is -0.610. The molecule has 0 aromatic heterocycles. The standard InChI is InChI=1S/C12H22N2O2/c13-7-11(12(15)16)14-6-5-9-3-1-2-4-10(9)8-14/h9-11H,1-8,13H2,(H,15,16). The summed E-state index contributed by atoms with van der Waals surface area (Å²) in [6, 6.07) is -0.470. The maximum absolute atomic E-state index is 11.1. The molecule has 1 heterocycles. The van der Waals surface area contributed by atoms with Crippen molar-refractivity contribution in [2.75, 3.05) is 19.6 Å². The minimum atomic E-state index is -0.767. The second kappa shape index (κ2) is 5.15. The van der Waals surface area contributed by atoms with Gasteiger partial charge in [0, 0.05) is 13.1 Å². The maximum Gasteiger partial charge on any atom is 0.322 e. The molecule has 2 fully saturated rings. The number of aliphatic carboxylic acids is 1. The lowest BCUT2D eigenvalue weighted by Crippen LogP contribution is -2.52. The number of nitrogens with zero attached hydrogens (tertiary/aromatic N) is 1. The van der Waals surface area contributed by atoms with Crippen molar-refractivity contribution >= 4 is 5.97 Å². The maximum atomic E-state index is 11.1. The van der Waals surface area contributed by atoms with Crippen LogP contribution in [0.15, 0.2) is 0 Å². The largest absolute Gasteiger partial charge is 0.480 e. The predicted octanol–water partition coefficient (Wildman–Crippen LogP) is 0.910. The second-order valence-electron chi connectivity index (χ2n) is 5.18. The Morgan fingerprint density at radius 3 is 2.62 bits per heavy atom. The lowest BCUT2D eigenvalue weighted by atomic mass is 9.75. The SMILES string of the molecule is NCC(C(=O)O)N1CCC2CCCCC2C1. The van der Waals surface area contributed by atoms with Gasteiger partial charge in [0.05, 0.1) is 0 Å². The number of likely N-dealkylation sites (tertiary alicyclic amines) is 1. The van der Waals surface area contributed by atoms with E-state index in [-0.39, 0.29) is 6.54 Å². The third-order valence-electron chi connectivity index (χ3n) is 4.27. The highest BCUT2D eigenvalue weighted by molar-refractivity contribution is 5.73. The number of rotatable bonds is 3. The first kappa shape index (κ1) is 11.9. The van der Waals surface area contributed by atoms with Gasteiger partial charge in [-0.05, 0) is 31.2 Å². The van der Waals surface area contributed by atoms with E-state index >= 15 is 0 Å². The molecule has 1 saturated carbocycles. The van der Waals surface area contributed by atoms with Gasteiger partial charge in [-0.15, -0.1) is 0 Å². The van der Waals surface area contributed by atoms with Crippen LogP contribution in [0.1, 0.15) is 32.1 Å². The van der Waals surface area contributed by atoms with Crippen molar-refractivity contribution in [2.45, 2.75) is 38.1 Å². The molecule has 0 aromatic rings. The van der Waals surface area contributed by atoms with Gasteiger partial charge in [-0.2, -0.15) is 0 Å². The molecule has 16 heavy (non-hydrogen) atoms. The summed E-state index contributed by atoms with van der Waals surface area (Å²) in [7, 11) is 0. The molecule has 1 aliphatic carbocycles. The van der Waals surface area contributed by atoms with E-state index in [1.807, 2.05) is 0 Å². The lowest BCUT2D eigenvalue weighted by Gasteiger charge is -2.43.